The topological polar surface area (TPSA) is 72.1 Å². The second-order valence-electron chi connectivity index (χ2n) is 6.42. The molecule has 0 aliphatic rings. The van der Waals surface area contributed by atoms with Crippen molar-refractivity contribution in [2.45, 2.75) is 27.3 Å². The van der Waals surface area contributed by atoms with E-state index in [0.29, 0.717) is 17.4 Å². The van der Waals surface area contributed by atoms with Crippen LogP contribution in [0.25, 0.3) is 10.2 Å². The van der Waals surface area contributed by atoms with Crippen LogP contribution in [-0.4, -0.2) is 21.0 Å². The van der Waals surface area contributed by atoms with E-state index in [1.165, 1.54) is 11.3 Å². The summed E-state index contributed by atoms with van der Waals surface area (Å²) in [6.45, 7) is 6.16. The Morgan fingerprint density at radius 3 is 2.63 bits per heavy atom. The maximum absolute atomic E-state index is 13.1. The number of hydrogen-bond acceptors (Lipinski definition) is 6. The molecule has 0 N–H and O–H groups in total. The molecule has 4 aromatic rings. The molecule has 0 aliphatic heterocycles. The molecule has 3 aromatic heterocycles. The van der Waals surface area contributed by atoms with Gasteiger partial charge in [-0.1, -0.05) is 34.7 Å². The molecule has 0 saturated carbocycles. The Morgan fingerprint density at radius 1 is 1.15 bits per heavy atom. The largest absolute Gasteiger partial charge is 0.351 e. The second-order valence-corrected chi connectivity index (χ2v) is 7.40. The number of aromatic nitrogens is 3. The van der Waals surface area contributed by atoms with Crippen molar-refractivity contribution < 1.29 is 9.32 Å². The van der Waals surface area contributed by atoms with Gasteiger partial charge in [-0.3, -0.25) is 14.7 Å². The van der Waals surface area contributed by atoms with Gasteiger partial charge >= 0.3 is 0 Å². The first kappa shape index (κ1) is 17.4. The Kier molecular flexibility index (Phi) is 4.45. The fraction of sp³-hybridized carbons (Fsp3) is 0.200. The van der Waals surface area contributed by atoms with E-state index in [0.717, 1.165) is 27.0 Å². The Labute approximate surface area is 160 Å². The highest BCUT2D eigenvalue weighted by Gasteiger charge is 2.25. The average molecular weight is 378 g/mol. The molecular weight excluding hydrogens is 360 g/mol. The van der Waals surface area contributed by atoms with E-state index in [2.05, 4.69) is 23.1 Å². The maximum atomic E-state index is 13.1. The van der Waals surface area contributed by atoms with Gasteiger partial charge in [0.1, 0.15) is 0 Å². The highest BCUT2D eigenvalue weighted by atomic mass is 32.1. The van der Waals surface area contributed by atoms with Crippen LogP contribution < -0.4 is 4.90 Å². The SMILES string of the molecule is Cc1cc(C(=O)N(Cc2ccccn2)c2nc3c(C)ccc(C)c3s2)on1. The van der Waals surface area contributed by atoms with Crippen molar-refractivity contribution >= 4 is 32.6 Å². The van der Waals surface area contributed by atoms with E-state index in [9.17, 15) is 4.79 Å². The van der Waals surface area contributed by atoms with Gasteiger partial charge in [-0.25, -0.2) is 4.98 Å². The molecule has 0 radical (unpaired) electrons. The van der Waals surface area contributed by atoms with Crippen molar-refractivity contribution in [3.63, 3.8) is 0 Å². The van der Waals surface area contributed by atoms with Gasteiger partial charge in [-0.05, 0) is 44.0 Å². The van der Waals surface area contributed by atoms with Crippen LogP contribution in [0.4, 0.5) is 5.13 Å². The van der Waals surface area contributed by atoms with E-state index in [1.807, 2.05) is 31.2 Å². The predicted octanol–water partition coefficient (Wildman–Crippen LogP) is 4.45. The number of nitrogens with zero attached hydrogens (tertiary/aromatic N) is 4. The number of fused-ring (bicyclic) bond motifs is 1. The molecule has 0 atom stereocenters. The first-order valence-electron chi connectivity index (χ1n) is 8.55. The number of carbonyl (C=O) groups excluding carboxylic acids is 1. The zero-order chi connectivity index (χ0) is 19.0. The molecule has 0 fully saturated rings. The van der Waals surface area contributed by atoms with Gasteiger partial charge < -0.3 is 4.52 Å². The summed E-state index contributed by atoms with van der Waals surface area (Å²) in [5, 5.41) is 4.45. The lowest BCUT2D eigenvalue weighted by Gasteiger charge is -2.17. The Bertz CT molecular complexity index is 1080. The van der Waals surface area contributed by atoms with Crippen molar-refractivity contribution in [3.8, 4) is 0 Å². The van der Waals surface area contributed by atoms with E-state index < -0.39 is 0 Å². The number of anilines is 1. The molecule has 3 heterocycles. The molecular formula is C20H18N4O2S. The number of benzene rings is 1. The van der Waals surface area contributed by atoms with E-state index >= 15 is 0 Å². The van der Waals surface area contributed by atoms with Gasteiger partial charge in [0, 0.05) is 12.3 Å². The fourth-order valence-corrected chi connectivity index (χ4v) is 3.95. The van der Waals surface area contributed by atoms with Crippen LogP contribution in [0.15, 0.2) is 47.1 Å². The van der Waals surface area contributed by atoms with Crippen LogP contribution >= 0.6 is 11.3 Å². The zero-order valence-electron chi connectivity index (χ0n) is 15.3. The third-order valence-corrected chi connectivity index (χ3v) is 5.51. The predicted molar refractivity (Wildman–Crippen MR) is 105 cm³/mol. The van der Waals surface area contributed by atoms with Crippen LogP contribution in [0, 0.1) is 20.8 Å². The minimum atomic E-state index is -0.282. The Morgan fingerprint density at radius 2 is 1.96 bits per heavy atom. The van der Waals surface area contributed by atoms with Gasteiger partial charge in [-0.15, -0.1) is 0 Å². The minimum Gasteiger partial charge on any atom is -0.351 e. The van der Waals surface area contributed by atoms with Crippen LogP contribution in [0.3, 0.4) is 0 Å². The van der Waals surface area contributed by atoms with Crippen molar-refractivity contribution in [1.29, 1.82) is 0 Å². The molecule has 0 aliphatic carbocycles. The van der Waals surface area contributed by atoms with E-state index in [-0.39, 0.29) is 11.7 Å². The quantitative estimate of drug-likeness (QED) is 0.524. The first-order chi connectivity index (χ1) is 13.0. The molecule has 136 valence electrons. The third kappa shape index (κ3) is 3.33. The van der Waals surface area contributed by atoms with Crippen molar-refractivity contribution in [2.24, 2.45) is 0 Å². The highest BCUT2D eigenvalue weighted by molar-refractivity contribution is 7.22. The molecule has 7 heteroatoms. The average Bonchev–Trinajstić information content (AvgIpc) is 3.30. The molecule has 0 saturated heterocycles. The molecule has 27 heavy (non-hydrogen) atoms. The fourth-order valence-electron chi connectivity index (χ4n) is 2.84. The molecule has 6 nitrogen and oxygen atoms in total. The summed E-state index contributed by atoms with van der Waals surface area (Å²) < 4.78 is 6.28. The molecule has 0 bridgehead atoms. The van der Waals surface area contributed by atoms with Crippen LogP contribution in [0.5, 0.6) is 0 Å². The first-order valence-corrected chi connectivity index (χ1v) is 9.36. The van der Waals surface area contributed by atoms with Crippen molar-refractivity contribution in [1.82, 2.24) is 15.1 Å². The molecule has 1 aromatic carbocycles. The van der Waals surface area contributed by atoms with Crippen LogP contribution in [0.2, 0.25) is 0 Å². The van der Waals surface area contributed by atoms with Crippen molar-refractivity contribution in [2.75, 3.05) is 4.90 Å². The number of thiazole rings is 1. The lowest BCUT2D eigenvalue weighted by atomic mass is 10.1. The van der Waals surface area contributed by atoms with Gasteiger partial charge in [-0.2, -0.15) is 0 Å². The van der Waals surface area contributed by atoms with Gasteiger partial charge in [0.25, 0.3) is 5.91 Å². The lowest BCUT2D eigenvalue weighted by molar-refractivity contribution is 0.0949. The summed E-state index contributed by atoms with van der Waals surface area (Å²) >= 11 is 1.50. The number of aryl methyl sites for hydroxylation is 3. The number of carbonyl (C=O) groups is 1. The van der Waals surface area contributed by atoms with E-state index in [1.54, 1.807) is 24.1 Å². The van der Waals surface area contributed by atoms with Gasteiger partial charge in [0.2, 0.25) is 5.76 Å². The van der Waals surface area contributed by atoms with Crippen LogP contribution in [-0.2, 0) is 6.54 Å². The smallest absolute Gasteiger partial charge is 0.299 e. The summed E-state index contributed by atoms with van der Waals surface area (Å²) in [7, 11) is 0. The maximum Gasteiger partial charge on any atom is 0.299 e. The summed E-state index contributed by atoms with van der Waals surface area (Å²) in [4.78, 5) is 23.9. The molecule has 0 spiro atoms. The van der Waals surface area contributed by atoms with Crippen LogP contribution in [0.1, 0.15) is 33.1 Å². The number of hydrogen-bond donors (Lipinski definition) is 0. The monoisotopic (exact) mass is 378 g/mol. The number of amides is 1. The summed E-state index contributed by atoms with van der Waals surface area (Å²) in [5.41, 5.74) is 4.57. The van der Waals surface area contributed by atoms with Gasteiger partial charge in [0.15, 0.2) is 5.13 Å². The third-order valence-electron chi connectivity index (χ3n) is 4.29. The standard InChI is InChI=1S/C20H18N4O2S/c1-12-7-8-13(2)18-17(12)22-20(27-18)24(11-15-6-4-5-9-21-15)19(25)16-10-14(3)23-26-16/h4-10H,11H2,1-3H3. The van der Waals surface area contributed by atoms with Crippen molar-refractivity contribution in [3.05, 3.63) is 70.9 Å². The number of pyridine rings is 1. The Balaban J connectivity index is 1.81. The number of rotatable bonds is 4. The summed E-state index contributed by atoms with van der Waals surface area (Å²) in [5.74, 6) is -0.0910. The minimum absolute atomic E-state index is 0.191. The normalized spacial score (nSPS) is 11.1. The van der Waals surface area contributed by atoms with Gasteiger partial charge in [0.05, 0.1) is 28.1 Å². The molecule has 0 unspecified atom stereocenters. The second kappa shape index (κ2) is 6.92. The summed E-state index contributed by atoms with van der Waals surface area (Å²) in [6, 6.07) is 11.4. The molecule has 1 amide bonds. The highest BCUT2D eigenvalue weighted by Crippen LogP contribution is 2.34. The molecule has 4 rings (SSSR count). The Hall–Kier alpha value is -3.06. The summed E-state index contributed by atoms with van der Waals surface area (Å²) in [6.07, 6.45) is 1.71. The van der Waals surface area contributed by atoms with E-state index in [4.69, 9.17) is 9.51 Å². The zero-order valence-corrected chi connectivity index (χ0v) is 16.1. The lowest BCUT2D eigenvalue weighted by Crippen LogP contribution is -2.30.